The third-order valence-corrected chi connectivity index (χ3v) is 10.2. The van der Waals surface area contributed by atoms with E-state index in [2.05, 4.69) is 25.4 Å². The molecule has 12 heteroatoms. The maximum Gasteiger partial charge on any atom is 0.261 e. The van der Waals surface area contributed by atoms with Crippen molar-refractivity contribution in [2.75, 3.05) is 28.8 Å². The van der Waals surface area contributed by atoms with Crippen LogP contribution in [-0.2, 0) is 20.0 Å². The number of carbonyl (C=O) groups excluding carboxylic acids is 1. The second-order valence-electron chi connectivity index (χ2n) is 8.81. The predicted molar refractivity (Wildman–Crippen MR) is 155 cm³/mol. The number of halogens is 1. The minimum atomic E-state index is -4.03. The van der Waals surface area contributed by atoms with Crippen molar-refractivity contribution in [3.63, 3.8) is 0 Å². The molecule has 3 aromatic rings. The first-order valence-electron chi connectivity index (χ1n) is 12.0. The van der Waals surface area contributed by atoms with E-state index in [-0.39, 0.29) is 21.4 Å². The molecule has 0 atom stereocenters. The van der Waals surface area contributed by atoms with Gasteiger partial charge in [0.25, 0.3) is 26.0 Å². The van der Waals surface area contributed by atoms with Crippen LogP contribution in [0, 0.1) is 0 Å². The molecule has 1 aliphatic rings. The molecule has 1 amide bonds. The highest BCUT2D eigenvalue weighted by molar-refractivity contribution is 9.10. The number of anilines is 2. The van der Waals surface area contributed by atoms with Crippen LogP contribution in [0.1, 0.15) is 36.0 Å². The quantitative estimate of drug-likeness (QED) is 0.302. The third kappa shape index (κ3) is 6.90. The Bertz CT molecular complexity index is 1500. The van der Waals surface area contributed by atoms with Crippen molar-refractivity contribution in [2.24, 2.45) is 0 Å². The summed E-state index contributed by atoms with van der Waals surface area (Å²) in [6, 6.07) is 16.6. The molecule has 1 fully saturated rings. The lowest BCUT2D eigenvalue weighted by Crippen LogP contribution is -2.32. The molecule has 1 saturated heterocycles. The second-order valence-corrected chi connectivity index (χ2v) is 13.9. The molecule has 0 radical (unpaired) electrons. The van der Waals surface area contributed by atoms with Crippen LogP contribution in [0.25, 0.3) is 0 Å². The Balaban J connectivity index is 1.53. The zero-order chi connectivity index (χ0) is 27.3. The van der Waals surface area contributed by atoms with Crippen LogP contribution in [-0.4, -0.2) is 47.0 Å². The Labute approximate surface area is 236 Å². The lowest BCUT2D eigenvalue weighted by molar-refractivity contribution is 0.0758. The van der Waals surface area contributed by atoms with Gasteiger partial charge in [0.15, 0.2) is 0 Å². The van der Waals surface area contributed by atoms with E-state index in [1.807, 2.05) is 6.26 Å². The number of hydrogen-bond donors (Lipinski definition) is 2. The summed E-state index contributed by atoms with van der Waals surface area (Å²) in [5.41, 5.74) is 0.960. The molecular formula is C26H28BrN3O5S3. The fourth-order valence-corrected chi connectivity index (χ4v) is 7.09. The Hall–Kier alpha value is -2.54. The van der Waals surface area contributed by atoms with Gasteiger partial charge in [0.05, 0.1) is 15.4 Å². The minimum Gasteiger partial charge on any atom is -0.339 e. The van der Waals surface area contributed by atoms with Gasteiger partial charge in [-0.15, -0.1) is 11.8 Å². The van der Waals surface area contributed by atoms with Crippen LogP contribution in [0.15, 0.2) is 85.9 Å². The number of rotatable bonds is 8. The van der Waals surface area contributed by atoms with Gasteiger partial charge in [-0.3, -0.25) is 14.2 Å². The Morgan fingerprint density at radius 1 is 0.763 bits per heavy atom. The molecule has 0 unspecified atom stereocenters. The molecule has 0 aromatic heterocycles. The SMILES string of the molecule is CSc1ccc(S(=O)(=O)Nc2ccc(S(=O)(=O)Nc3ccc(Br)cc3)cc2)cc1C(=O)N1CCCCCC1. The standard InChI is InChI=1S/C26H28BrN3O5S3/c1-36-25-15-14-23(18-24(25)26(31)30-16-4-2-3-5-17-30)38(34,35)29-21-10-12-22(13-11-21)37(32,33)28-20-8-6-19(27)7-9-20/h6-15,18,28-29H,2-5,16-17H2,1H3. The maximum atomic E-state index is 13.3. The number of likely N-dealkylation sites (tertiary alicyclic amines) is 1. The highest BCUT2D eigenvalue weighted by atomic mass is 79.9. The molecule has 1 heterocycles. The minimum absolute atomic E-state index is 0.0157. The zero-order valence-corrected chi connectivity index (χ0v) is 24.7. The highest BCUT2D eigenvalue weighted by Gasteiger charge is 2.24. The number of amides is 1. The third-order valence-electron chi connectivity index (χ3n) is 6.12. The van der Waals surface area contributed by atoms with Gasteiger partial charge in [-0.1, -0.05) is 28.8 Å². The van der Waals surface area contributed by atoms with Crippen molar-refractivity contribution < 1.29 is 21.6 Å². The molecule has 3 aromatic carbocycles. The summed E-state index contributed by atoms with van der Waals surface area (Å²) in [6.45, 7) is 1.32. The summed E-state index contributed by atoms with van der Waals surface area (Å²) in [7, 11) is -7.89. The Kier molecular flexibility index (Phi) is 9.07. The van der Waals surface area contributed by atoms with Crippen molar-refractivity contribution in [1.29, 1.82) is 0 Å². The van der Waals surface area contributed by atoms with Crippen LogP contribution < -0.4 is 9.44 Å². The molecule has 8 nitrogen and oxygen atoms in total. The summed E-state index contributed by atoms with van der Waals surface area (Å²) in [4.78, 5) is 15.7. The zero-order valence-electron chi connectivity index (χ0n) is 20.7. The van der Waals surface area contributed by atoms with Gasteiger partial charge in [-0.25, -0.2) is 16.8 Å². The number of benzene rings is 3. The largest absolute Gasteiger partial charge is 0.339 e. The normalized spacial score (nSPS) is 14.5. The van der Waals surface area contributed by atoms with Gasteiger partial charge in [-0.2, -0.15) is 0 Å². The monoisotopic (exact) mass is 637 g/mol. The fraction of sp³-hybridized carbons (Fsp3) is 0.269. The smallest absolute Gasteiger partial charge is 0.261 e. The molecular weight excluding hydrogens is 610 g/mol. The van der Waals surface area contributed by atoms with Crippen molar-refractivity contribution in [3.05, 3.63) is 76.8 Å². The van der Waals surface area contributed by atoms with Crippen LogP contribution in [0.5, 0.6) is 0 Å². The highest BCUT2D eigenvalue weighted by Crippen LogP contribution is 2.28. The summed E-state index contributed by atoms with van der Waals surface area (Å²) in [5.74, 6) is -0.166. The van der Waals surface area contributed by atoms with E-state index in [9.17, 15) is 21.6 Å². The topological polar surface area (TPSA) is 113 Å². The first-order chi connectivity index (χ1) is 18.1. The van der Waals surface area contributed by atoms with Gasteiger partial charge in [0.1, 0.15) is 0 Å². The lowest BCUT2D eigenvalue weighted by atomic mass is 10.2. The van der Waals surface area contributed by atoms with E-state index < -0.39 is 20.0 Å². The molecule has 38 heavy (non-hydrogen) atoms. The van der Waals surface area contributed by atoms with Crippen molar-refractivity contribution >= 4 is 65.0 Å². The molecule has 0 bridgehead atoms. The average molecular weight is 639 g/mol. The predicted octanol–water partition coefficient (Wildman–Crippen LogP) is 5.79. The summed E-state index contributed by atoms with van der Waals surface area (Å²) in [5, 5.41) is 0. The summed E-state index contributed by atoms with van der Waals surface area (Å²) >= 11 is 4.70. The number of thioether (sulfide) groups is 1. The summed E-state index contributed by atoms with van der Waals surface area (Å²) < 4.78 is 57.6. The van der Waals surface area contributed by atoms with E-state index >= 15 is 0 Å². The van der Waals surface area contributed by atoms with Gasteiger partial charge >= 0.3 is 0 Å². The molecule has 4 rings (SSSR count). The van der Waals surface area contributed by atoms with Gasteiger partial charge in [0, 0.05) is 33.8 Å². The Morgan fingerprint density at radius 2 is 1.26 bits per heavy atom. The number of nitrogens with zero attached hydrogens (tertiary/aromatic N) is 1. The number of carbonyl (C=O) groups is 1. The average Bonchev–Trinajstić information content (AvgIpc) is 3.19. The molecule has 2 N–H and O–H groups in total. The van der Waals surface area contributed by atoms with E-state index in [4.69, 9.17) is 0 Å². The first kappa shape index (κ1) is 28.5. The molecule has 0 aliphatic carbocycles. The summed E-state index contributed by atoms with van der Waals surface area (Å²) in [6.07, 6.45) is 5.88. The van der Waals surface area contributed by atoms with Crippen molar-refractivity contribution in [3.8, 4) is 0 Å². The number of nitrogens with one attached hydrogen (secondary N) is 2. The van der Waals surface area contributed by atoms with Crippen LogP contribution >= 0.6 is 27.7 Å². The lowest BCUT2D eigenvalue weighted by Gasteiger charge is -2.22. The second kappa shape index (κ2) is 12.1. The molecule has 1 aliphatic heterocycles. The maximum absolute atomic E-state index is 13.3. The van der Waals surface area contributed by atoms with E-state index in [1.54, 1.807) is 35.2 Å². The number of hydrogen-bond acceptors (Lipinski definition) is 6. The molecule has 0 spiro atoms. The van der Waals surface area contributed by atoms with Gasteiger partial charge < -0.3 is 4.90 Å². The molecule has 0 saturated carbocycles. The molecule has 202 valence electrons. The van der Waals surface area contributed by atoms with E-state index in [0.717, 1.165) is 30.2 Å². The van der Waals surface area contributed by atoms with Gasteiger partial charge in [-0.05, 0) is 85.8 Å². The van der Waals surface area contributed by atoms with Crippen molar-refractivity contribution in [1.82, 2.24) is 4.90 Å². The van der Waals surface area contributed by atoms with E-state index in [0.29, 0.717) is 29.2 Å². The van der Waals surface area contributed by atoms with Crippen LogP contribution in [0.4, 0.5) is 11.4 Å². The van der Waals surface area contributed by atoms with Crippen molar-refractivity contribution in [2.45, 2.75) is 40.4 Å². The van der Waals surface area contributed by atoms with E-state index in [1.165, 1.54) is 48.2 Å². The number of sulfonamides is 2. The van der Waals surface area contributed by atoms with Crippen LogP contribution in [0.2, 0.25) is 0 Å². The Morgan fingerprint density at radius 3 is 1.82 bits per heavy atom. The van der Waals surface area contributed by atoms with Gasteiger partial charge in [0.2, 0.25) is 0 Å². The van der Waals surface area contributed by atoms with Crippen LogP contribution in [0.3, 0.4) is 0 Å². The first-order valence-corrected chi connectivity index (χ1v) is 17.0. The fourth-order valence-electron chi connectivity index (χ4n) is 4.11.